The molecular weight excluding hydrogens is 232 g/mol. The van der Waals surface area contributed by atoms with Gasteiger partial charge in [-0.2, -0.15) is 0 Å². The van der Waals surface area contributed by atoms with Gasteiger partial charge in [-0.05, 0) is 20.0 Å². The van der Waals surface area contributed by atoms with E-state index in [2.05, 4.69) is 22.4 Å². The second-order valence-corrected chi connectivity index (χ2v) is 5.17. The molecule has 0 rings (SSSR count). The van der Waals surface area contributed by atoms with Crippen LogP contribution in [0, 0.1) is 5.41 Å². The minimum absolute atomic E-state index is 0.274. The Morgan fingerprint density at radius 1 is 1.39 bits per heavy atom. The van der Waals surface area contributed by atoms with Gasteiger partial charge in [0, 0.05) is 32.2 Å². The average Bonchev–Trinajstić information content (AvgIpc) is 2.34. The number of oxime groups is 1. The molecule has 0 aliphatic rings. The minimum atomic E-state index is -0.274. The van der Waals surface area contributed by atoms with E-state index in [1.54, 1.807) is 7.11 Å². The molecule has 0 bridgehead atoms. The molecule has 0 saturated carbocycles. The zero-order chi connectivity index (χ0) is 14.0. The van der Waals surface area contributed by atoms with E-state index in [-0.39, 0.29) is 11.3 Å². The van der Waals surface area contributed by atoms with Crippen molar-refractivity contribution in [2.24, 2.45) is 16.3 Å². The van der Waals surface area contributed by atoms with Crippen LogP contribution in [0.4, 0.5) is 0 Å². The number of nitrogens with zero attached hydrogens (tertiary/aromatic N) is 2. The molecule has 18 heavy (non-hydrogen) atoms. The summed E-state index contributed by atoms with van der Waals surface area (Å²) in [6, 6.07) is 0. The van der Waals surface area contributed by atoms with Gasteiger partial charge in [-0.3, -0.25) is 0 Å². The Labute approximate surface area is 110 Å². The van der Waals surface area contributed by atoms with Gasteiger partial charge in [0.05, 0.1) is 6.61 Å². The van der Waals surface area contributed by atoms with E-state index in [9.17, 15) is 0 Å². The van der Waals surface area contributed by atoms with E-state index >= 15 is 0 Å². The summed E-state index contributed by atoms with van der Waals surface area (Å²) >= 11 is 0. The summed E-state index contributed by atoms with van der Waals surface area (Å²) in [6.07, 6.45) is 0.838. The van der Waals surface area contributed by atoms with Crippen LogP contribution in [0.15, 0.2) is 5.16 Å². The molecule has 0 fully saturated rings. The standard InChI is InChI=1S/C12H28N4O2/c1-12(2,11(13)15-17)5-6-14-7-8-16(3)9-10-18-4/h14,17H,5-10H2,1-4H3,(H2,13,15). The maximum atomic E-state index is 8.65. The van der Waals surface area contributed by atoms with Crippen LogP contribution >= 0.6 is 0 Å². The highest BCUT2D eigenvalue weighted by atomic mass is 16.5. The van der Waals surface area contributed by atoms with Crippen molar-refractivity contribution < 1.29 is 9.94 Å². The third kappa shape index (κ3) is 7.47. The topological polar surface area (TPSA) is 83.1 Å². The van der Waals surface area contributed by atoms with Crippen LogP contribution in [0.3, 0.4) is 0 Å². The third-order valence-electron chi connectivity index (χ3n) is 3.08. The smallest absolute Gasteiger partial charge is 0.144 e. The van der Waals surface area contributed by atoms with Crippen molar-refractivity contribution in [3.63, 3.8) is 0 Å². The summed E-state index contributed by atoms with van der Waals surface area (Å²) < 4.78 is 5.01. The summed E-state index contributed by atoms with van der Waals surface area (Å²) in [4.78, 5) is 2.21. The van der Waals surface area contributed by atoms with Crippen LogP contribution in [-0.2, 0) is 4.74 Å². The highest BCUT2D eigenvalue weighted by Gasteiger charge is 2.22. The highest BCUT2D eigenvalue weighted by molar-refractivity contribution is 5.85. The van der Waals surface area contributed by atoms with Gasteiger partial charge in [0.2, 0.25) is 0 Å². The number of amidine groups is 1. The second-order valence-electron chi connectivity index (χ2n) is 5.17. The molecule has 0 unspecified atom stereocenters. The summed E-state index contributed by atoms with van der Waals surface area (Å²) in [6.45, 7) is 8.38. The molecule has 0 spiro atoms. The van der Waals surface area contributed by atoms with Crippen molar-refractivity contribution in [1.82, 2.24) is 10.2 Å². The van der Waals surface area contributed by atoms with Crippen LogP contribution in [0.5, 0.6) is 0 Å². The molecule has 0 saturated heterocycles. The first-order valence-electron chi connectivity index (χ1n) is 6.30. The Balaban J connectivity index is 3.62. The molecule has 0 aromatic rings. The lowest BCUT2D eigenvalue weighted by atomic mass is 9.88. The first-order valence-corrected chi connectivity index (χ1v) is 6.30. The summed E-state index contributed by atoms with van der Waals surface area (Å²) in [7, 11) is 3.78. The molecule has 0 aliphatic carbocycles. The van der Waals surface area contributed by atoms with E-state index in [4.69, 9.17) is 15.7 Å². The normalized spacial score (nSPS) is 13.3. The number of hydrogen-bond donors (Lipinski definition) is 3. The second kappa shape index (κ2) is 9.13. The molecule has 0 atom stereocenters. The number of methoxy groups -OCH3 is 1. The third-order valence-corrected chi connectivity index (χ3v) is 3.08. The number of ether oxygens (including phenoxy) is 1. The van der Waals surface area contributed by atoms with Gasteiger partial charge in [-0.25, -0.2) is 0 Å². The van der Waals surface area contributed by atoms with Gasteiger partial charge < -0.3 is 25.9 Å². The maximum absolute atomic E-state index is 8.65. The van der Waals surface area contributed by atoms with Gasteiger partial charge in [0.25, 0.3) is 0 Å². The van der Waals surface area contributed by atoms with Crippen molar-refractivity contribution in [2.45, 2.75) is 20.3 Å². The average molecular weight is 260 g/mol. The number of likely N-dealkylation sites (N-methyl/N-ethyl adjacent to an activating group) is 1. The molecule has 0 aliphatic heterocycles. The molecule has 0 heterocycles. The van der Waals surface area contributed by atoms with Crippen molar-refractivity contribution in [3.8, 4) is 0 Å². The first kappa shape index (κ1) is 17.2. The SMILES string of the molecule is COCCN(C)CCNCCC(C)(C)C(N)=NO. The van der Waals surface area contributed by atoms with Crippen molar-refractivity contribution in [1.29, 1.82) is 0 Å². The van der Waals surface area contributed by atoms with Crippen LogP contribution in [0.25, 0.3) is 0 Å². The predicted molar refractivity (Wildman–Crippen MR) is 74.0 cm³/mol. The fourth-order valence-corrected chi connectivity index (χ4v) is 1.42. The molecule has 108 valence electrons. The molecule has 6 heteroatoms. The lowest BCUT2D eigenvalue weighted by molar-refractivity contribution is 0.161. The summed E-state index contributed by atoms with van der Waals surface area (Å²) in [5.41, 5.74) is 5.34. The number of rotatable bonds is 10. The predicted octanol–water partition coefficient (Wildman–Crippen LogP) is 0.317. The van der Waals surface area contributed by atoms with Crippen LogP contribution in [-0.4, -0.2) is 62.9 Å². The quantitative estimate of drug-likeness (QED) is 0.173. The largest absolute Gasteiger partial charge is 0.409 e. The Kier molecular flexibility index (Phi) is 8.70. The fourth-order valence-electron chi connectivity index (χ4n) is 1.42. The van der Waals surface area contributed by atoms with Gasteiger partial charge >= 0.3 is 0 Å². The maximum Gasteiger partial charge on any atom is 0.144 e. The fraction of sp³-hybridized carbons (Fsp3) is 0.917. The zero-order valence-electron chi connectivity index (χ0n) is 12.1. The summed E-state index contributed by atoms with van der Waals surface area (Å²) in [5, 5.41) is 15.1. The Morgan fingerprint density at radius 3 is 2.61 bits per heavy atom. The minimum Gasteiger partial charge on any atom is -0.409 e. The number of nitrogens with two attached hydrogens (primary N) is 1. The molecule has 6 nitrogen and oxygen atoms in total. The van der Waals surface area contributed by atoms with Crippen molar-refractivity contribution in [2.75, 3.05) is 46.9 Å². The van der Waals surface area contributed by atoms with E-state index in [1.165, 1.54) is 0 Å². The van der Waals surface area contributed by atoms with Crippen LogP contribution in [0.2, 0.25) is 0 Å². The lowest BCUT2D eigenvalue weighted by Crippen LogP contribution is -2.37. The zero-order valence-corrected chi connectivity index (χ0v) is 12.1. The monoisotopic (exact) mass is 260 g/mol. The van der Waals surface area contributed by atoms with E-state index < -0.39 is 0 Å². The van der Waals surface area contributed by atoms with Crippen LogP contribution < -0.4 is 11.1 Å². The van der Waals surface area contributed by atoms with Gasteiger partial charge in [0.15, 0.2) is 0 Å². The Bertz CT molecular complexity index is 244. The van der Waals surface area contributed by atoms with Crippen LogP contribution in [0.1, 0.15) is 20.3 Å². The van der Waals surface area contributed by atoms with Crippen molar-refractivity contribution >= 4 is 5.84 Å². The number of nitrogens with one attached hydrogen (secondary N) is 1. The Morgan fingerprint density at radius 2 is 2.06 bits per heavy atom. The highest BCUT2D eigenvalue weighted by Crippen LogP contribution is 2.19. The Hall–Kier alpha value is -0.850. The van der Waals surface area contributed by atoms with Gasteiger partial charge in [-0.1, -0.05) is 19.0 Å². The summed E-state index contributed by atoms with van der Waals surface area (Å²) in [5.74, 6) is 0.279. The van der Waals surface area contributed by atoms with Crippen molar-refractivity contribution in [3.05, 3.63) is 0 Å². The molecule has 0 aromatic carbocycles. The molecule has 0 radical (unpaired) electrons. The van der Waals surface area contributed by atoms with Gasteiger partial charge in [0.1, 0.15) is 5.84 Å². The van der Waals surface area contributed by atoms with E-state index in [1.807, 2.05) is 13.8 Å². The number of hydrogen-bond acceptors (Lipinski definition) is 5. The molecule has 0 aromatic heterocycles. The lowest BCUT2D eigenvalue weighted by Gasteiger charge is -2.23. The van der Waals surface area contributed by atoms with E-state index in [0.717, 1.165) is 39.2 Å². The molecule has 0 amide bonds. The van der Waals surface area contributed by atoms with Gasteiger partial charge in [-0.15, -0.1) is 0 Å². The molecular formula is C12H28N4O2. The molecule has 4 N–H and O–H groups in total. The van der Waals surface area contributed by atoms with E-state index in [0.29, 0.717) is 0 Å². The first-order chi connectivity index (χ1) is 8.44.